The predicted octanol–water partition coefficient (Wildman–Crippen LogP) is 4.61. The first-order chi connectivity index (χ1) is 15.5. The zero-order valence-corrected chi connectivity index (χ0v) is 19.4. The van der Waals surface area contributed by atoms with Gasteiger partial charge in [-0.2, -0.15) is 0 Å². The van der Waals surface area contributed by atoms with Gasteiger partial charge in [0, 0.05) is 12.1 Å². The van der Waals surface area contributed by atoms with Gasteiger partial charge in [0.25, 0.3) is 11.8 Å². The number of thiazole rings is 1. The van der Waals surface area contributed by atoms with Crippen molar-refractivity contribution in [1.29, 1.82) is 0 Å². The normalized spacial score (nSPS) is 15.1. The third kappa shape index (κ3) is 4.39. The highest BCUT2D eigenvalue weighted by atomic mass is 32.1. The summed E-state index contributed by atoms with van der Waals surface area (Å²) in [6, 6.07) is 15.6. The molecule has 2 amide bonds. The molecule has 166 valence electrons. The molecule has 6 nitrogen and oxygen atoms in total. The number of hydrogen-bond acceptors (Lipinski definition) is 5. The Morgan fingerprint density at radius 3 is 2.62 bits per heavy atom. The number of amides is 2. The zero-order valence-electron chi connectivity index (χ0n) is 18.6. The van der Waals surface area contributed by atoms with Gasteiger partial charge in [-0.1, -0.05) is 50.2 Å². The van der Waals surface area contributed by atoms with E-state index in [0.29, 0.717) is 28.6 Å². The second-order valence-electron chi connectivity index (χ2n) is 7.77. The van der Waals surface area contributed by atoms with Crippen molar-refractivity contribution in [2.24, 2.45) is 0 Å². The van der Waals surface area contributed by atoms with Gasteiger partial charge in [-0.25, -0.2) is 4.98 Å². The molecule has 0 radical (unpaired) electrons. The van der Waals surface area contributed by atoms with E-state index >= 15 is 0 Å². The van der Waals surface area contributed by atoms with Crippen molar-refractivity contribution >= 4 is 28.8 Å². The number of hydrogen-bond donors (Lipinski definition) is 1. The molecule has 3 aromatic rings. The third-order valence-corrected chi connectivity index (χ3v) is 6.65. The number of nitrogens with zero attached hydrogens (tertiary/aromatic N) is 2. The minimum Gasteiger partial charge on any atom is -0.477 e. The number of fused-ring (bicyclic) bond motifs is 1. The topological polar surface area (TPSA) is 71.5 Å². The average molecular weight is 450 g/mol. The van der Waals surface area contributed by atoms with Crippen LogP contribution in [-0.4, -0.2) is 36.0 Å². The fourth-order valence-corrected chi connectivity index (χ4v) is 4.67. The second-order valence-corrected chi connectivity index (χ2v) is 8.76. The highest BCUT2D eigenvalue weighted by molar-refractivity contribution is 7.17. The highest BCUT2D eigenvalue weighted by Gasteiger charge is 2.35. The van der Waals surface area contributed by atoms with Gasteiger partial charge >= 0.3 is 0 Å². The van der Waals surface area contributed by atoms with Crippen LogP contribution >= 0.6 is 11.3 Å². The van der Waals surface area contributed by atoms with E-state index in [1.807, 2.05) is 44.2 Å². The molecule has 0 spiro atoms. The number of benzene rings is 2. The Kier molecular flexibility index (Phi) is 6.55. The van der Waals surface area contributed by atoms with E-state index in [1.54, 1.807) is 11.0 Å². The molecule has 1 aromatic heterocycles. The van der Waals surface area contributed by atoms with Crippen LogP contribution in [0, 0.1) is 6.92 Å². The molecule has 0 unspecified atom stereocenters. The maximum absolute atomic E-state index is 13.6. The molecule has 2 heterocycles. The van der Waals surface area contributed by atoms with Gasteiger partial charge in [0.15, 0.2) is 6.10 Å². The first-order valence-electron chi connectivity index (χ1n) is 10.9. The molecule has 4 rings (SSSR count). The third-order valence-electron chi connectivity index (χ3n) is 5.46. The minimum absolute atomic E-state index is 0.156. The lowest BCUT2D eigenvalue weighted by molar-refractivity contribution is -0.127. The van der Waals surface area contributed by atoms with Gasteiger partial charge < -0.3 is 10.1 Å². The number of aromatic nitrogens is 1. The van der Waals surface area contributed by atoms with Crippen LogP contribution in [0.25, 0.3) is 10.6 Å². The highest BCUT2D eigenvalue weighted by Crippen LogP contribution is 2.36. The van der Waals surface area contributed by atoms with Gasteiger partial charge in [-0.05, 0) is 37.5 Å². The lowest BCUT2D eigenvalue weighted by Gasteiger charge is -2.34. The summed E-state index contributed by atoms with van der Waals surface area (Å²) in [7, 11) is 0. The largest absolute Gasteiger partial charge is 0.477 e. The van der Waals surface area contributed by atoms with E-state index in [-0.39, 0.29) is 18.4 Å². The summed E-state index contributed by atoms with van der Waals surface area (Å²) in [4.78, 5) is 33.1. The van der Waals surface area contributed by atoms with Crippen molar-refractivity contribution < 1.29 is 14.3 Å². The second kappa shape index (κ2) is 9.53. The Hall–Kier alpha value is -3.19. The quantitative estimate of drug-likeness (QED) is 0.596. The van der Waals surface area contributed by atoms with Crippen LogP contribution in [0.2, 0.25) is 0 Å². The van der Waals surface area contributed by atoms with Gasteiger partial charge in [0.2, 0.25) is 0 Å². The van der Waals surface area contributed by atoms with Crippen LogP contribution < -0.4 is 15.0 Å². The van der Waals surface area contributed by atoms with Crippen molar-refractivity contribution in [2.45, 2.75) is 39.7 Å². The molecule has 0 aliphatic carbocycles. The monoisotopic (exact) mass is 449 g/mol. The smallest absolute Gasteiger partial charge is 0.270 e. The average Bonchev–Trinajstić information content (AvgIpc) is 3.22. The molecule has 1 aliphatic rings. The Balaban J connectivity index is 1.64. The number of carbonyl (C=O) groups excluding carboxylic acids is 2. The first kappa shape index (κ1) is 22.0. The van der Waals surface area contributed by atoms with E-state index < -0.39 is 6.10 Å². The molecule has 0 saturated carbocycles. The summed E-state index contributed by atoms with van der Waals surface area (Å²) in [5.41, 5.74) is 3.61. The van der Waals surface area contributed by atoms with Crippen molar-refractivity contribution in [3.8, 4) is 16.3 Å². The standard InChI is InChI=1S/C25H27N3O3S/c1-4-14-26-23(29)21-15-28(19-8-6-7-9-20(19)31-21)25(30)22-16(3)27-24(32-22)18-12-10-17(5-2)11-13-18/h6-13,21H,4-5,14-15H2,1-3H3,(H,26,29)/t21-/m0/s1. The van der Waals surface area contributed by atoms with Crippen LogP contribution in [0.15, 0.2) is 48.5 Å². The van der Waals surface area contributed by atoms with Crippen LogP contribution in [0.3, 0.4) is 0 Å². The Labute approximate surface area is 192 Å². The Morgan fingerprint density at radius 2 is 1.91 bits per heavy atom. The number of ether oxygens (including phenoxy) is 1. The minimum atomic E-state index is -0.755. The number of nitrogens with one attached hydrogen (secondary N) is 1. The van der Waals surface area contributed by atoms with Gasteiger partial charge in [-0.3, -0.25) is 14.5 Å². The number of rotatable bonds is 6. The lowest BCUT2D eigenvalue weighted by atomic mass is 10.1. The van der Waals surface area contributed by atoms with Crippen molar-refractivity contribution in [3.05, 3.63) is 64.7 Å². The number of anilines is 1. The molecule has 0 fully saturated rings. The predicted molar refractivity (Wildman–Crippen MR) is 128 cm³/mol. The van der Waals surface area contributed by atoms with Crippen molar-refractivity contribution in [3.63, 3.8) is 0 Å². The molecular formula is C25H27N3O3S. The van der Waals surface area contributed by atoms with E-state index in [9.17, 15) is 9.59 Å². The number of para-hydroxylation sites is 2. The maximum Gasteiger partial charge on any atom is 0.270 e. The molecule has 0 bridgehead atoms. The Bertz CT molecular complexity index is 1120. The fraction of sp³-hybridized carbons (Fsp3) is 0.320. The fourth-order valence-electron chi connectivity index (χ4n) is 3.65. The summed E-state index contributed by atoms with van der Waals surface area (Å²) < 4.78 is 5.92. The van der Waals surface area contributed by atoms with Crippen LogP contribution in [0.1, 0.15) is 41.2 Å². The van der Waals surface area contributed by atoms with Gasteiger partial charge in [0.1, 0.15) is 15.6 Å². The molecule has 1 aliphatic heterocycles. The summed E-state index contributed by atoms with van der Waals surface area (Å²) in [5, 5.41) is 3.68. The van der Waals surface area contributed by atoms with E-state index in [2.05, 4.69) is 29.4 Å². The van der Waals surface area contributed by atoms with E-state index in [1.165, 1.54) is 16.9 Å². The summed E-state index contributed by atoms with van der Waals surface area (Å²) in [5.74, 6) is 0.152. The lowest BCUT2D eigenvalue weighted by Crippen LogP contribution is -2.50. The molecule has 32 heavy (non-hydrogen) atoms. The van der Waals surface area contributed by atoms with Crippen molar-refractivity contribution in [2.75, 3.05) is 18.0 Å². The van der Waals surface area contributed by atoms with E-state index in [0.717, 1.165) is 23.4 Å². The molecule has 0 saturated heterocycles. The summed E-state index contributed by atoms with van der Waals surface area (Å²) >= 11 is 1.38. The maximum atomic E-state index is 13.6. The SMILES string of the molecule is CCCNC(=O)[C@@H]1CN(C(=O)c2sc(-c3ccc(CC)cc3)nc2C)c2ccccc2O1. The number of aryl methyl sites for hydroxylation is 2. The van der Waals surface area contributed by atoms with Crippen LogP contribution in [0.5, 0.6) is 5.75 Å². The summed E-state index contributed by atoms with van der Waals surface area (Å²) in [6.07, 6.45) is 1.05. The molecule has 1 N–H and O–H groups in total. The zero-order chi connectivity index (χ0) is 22.7. The van der Waals surface area contributed by atoms with Crippen molar-refractivity contribution in [1.82, 2.24) is 10.3 Å². The van der Waals surface area contributed by atoms with Crippen LogP contribution in [-0.2, 0) is 11.2 Å². The Morgan fingerprint density at radius 1 is 1.16 bits per heavy atom. The molecule has 7 heteroatoms. The molecule has 1 atom stereocenters. The van der Waals surface area contributed by atoms with Gasteiger partial charge in [-0.15, -0.1) is 11.3 Å². The molecule has 2 aromatic carbocycles. The number of carbonyl (C=O) groups is 2. The molecular weight excluding hydrogens is 422 g/mol. The summed E-state index contributed by atoms with van der Waals surface area (Å²) in [6.45, 7) is 6.69. The van der Waals surface area contributed by atoms with E-state index in [4.69, 9.17) is 4.74 Å². The van der Waals surface area contributed by atoms with Gasteiger partial charge in [0.05, 0.1) is 17.9 Å². The van der Waals surface area contributed by atoms with Crippen LogP contribution in [0.4, 0.5) is 5.69 Å². The first-order valence-corrected chi connectivity index (χ1v) is 11.8.